The van der Waals surface area contributed by atoms with Gasteiger partial charge < -0.3 is 16.0 Å². The Labute approximate surface area is 158 Å². The summed E-state index contributed by atoms with van der Waals surface area (Å²) in [4.78, 5) is 24.0. The number of nitrogens with one attached hydrogen (secondary N) is 3. The molecule has 0 aliphatic heterocycles. The smallest absolute Gasteiger partial charge is 0.319 e. The lowest BCUT2D eigenvalue weighted by atomic mass is 10.0. The molecule has 1 unspecified atom stereocenters. The van der Waals surface area contributed by atoms with Crippen LogP contribution in [-0.4, -0.2) is 18.5 Å². The second-order valence-corrected chi connectivity index (χ2v) is 6.39. The van der Waals surface area contributed by atoms with Crippen molar-refractivity contribution in [2.75, 3.05) is 11.9 Å². The Balaban J connectivity index is 1.44. The lowest BCUT2D eigenvalue weighted by Gasteiger charge is -2.15. The fraction of sp³-hybridized carbons (Fsp3) is 0.182. The molecule has 0 saturated heterocycles. The van der Waals surface area contributed by atoms with E-state index in [1.165, 1.54) is 5.39 Å². The maximum absolute atomic E-state index is 12.1. The standard InChI is InChI=1S/C22H23N3O2/c1-16(18-12-11-17-7-5-6-8-19(17)15-18)24-21(26)13-14-23-22(27)25-20-9-3-2-4-10-20/h2-12,15-16H,13-14H2,1H3,(H,24,26)(H2,23,25,27). The van der Waals surface area contributed by atoms with Gasteiger partial charge in [-0.25, -0.2) is 4.79 Å². The highest BCUT2D eigenvalue weighted by atomic mass is 16.2. The predicted octanol–water partition coefficient (Wildman–Crippen LogP) is 4.23. The highest BCUT2D eigenvalue weighted by Crippen LogP contribution is 2.20. The van der Waals surface area contributed by atoms with Crippen molar-refractivity contribution in [3.63, 3.8) is 0 Å². The van der Waals surface area contributed by atoms with Gasteiger partial charge in [-0.05, 0) is 41.5 Å². The van der Waals surface area contributed by atoms with Crippen LogP contribution in [0.4, 0.5) is 10.5 Å². The Morgan fingerprint density at radius 3 is 2.37 bits per heavy atom. The summed E-state index contributed by atoms with van der Waals surface area (Å²) in [6.45, 7) is 2.23. The topological polar surface area (TPSA) is 70.2 Å². The fourth-order valence-electron chi connectivity index (χ4n) is 2.86. The first-order valence-corrected chi connectivity index (χ1v) is 9.00. The van der Waals surface area contributed by atoms with Crippen molar-refractivity contribution in [3.8, 4) is 0 Å². The van der Waals surface area contributed by atoms with Crippen molar-refractivity contribution in [1.82, 2.24) is 10.6 Å². The molecule has 5 heteroatoms. The number of benzene rings is 3. The molecule has 0 bridgehead atoms. The molecule has 138 valence electrons. The Morgan fingerprint density at radius 2 is 1.59 bits per heavy atom. The quantitative estimate of drug-likeness (QED) is 0.615. The molecule has 0 aliphatic rings. The molecular formula is C22H23N3O2. The Hall–Kier alpha value is -3.34. The van der Waals surface area contributed by atoms with Crippen LogP contribution in [-0.2, 0) is 4.79 Å². The number of anilines is 1. The monoisotopic (exact) mass is 361 g/mol. The van der Waals surface area contributed by atoms with Crippen molar-refractivity contribution in [2.24, 2.45) is 0 Å². The number of fused-ring (bicyclic) bond motifs is 1. The average Bonchev–Trinajstić information content (AvgIpc) is 2.68. The van der Waals surface area contributed by atoms with Gasteiger partial charge in [-0.2, -0.15) is 0 Å². The summed E-state index contributed by atoms with van der Waals surface area (Å²) in [5.74, 6) is -0.101. The number of urea groups is 1. The van der Waals surface area contributed by atoms with E-state index in [0.29, 0.717) is 5.69 Å². The summed E-state index contributed by atoms with van der Waals surface area (Å²) < 4.78 is 0. The van der Waals surface area contributed by atoms with Crippen molar-refractivity contribution in [3.05, 3.63) is 78.4 Å². The van der Waals surface area contributed by atoms with E-state index in [1.54, 1.807) is 12.1 Å². The van der Waals surface area contributed by atoms with Crippen molar-refractivity contribution >= 4 is 28.4 Å². The number of para-hydroxylation sites is 1. The molecule has 0 fully saturated rings. The Morgan fingerprint density at radius 1 is 0.889 bits per heavy atom. The van der Waals surface area contributed by atoms with Gasteiger partial charge in [0.05, 0.1) is 6.04 Å². The number of hydrogen-bond donors (Lipinski definition) is 3. The molecule has 5 nitrogen and oxygen atoms in total. The third-order valence-electron chi connectivity index (χ3n) is 4.32. The lowest BCUT2D eigenvalue weighted by Crippen LogP contribution is -2.34. The molecule has 0 aromatic heterocycles. The maximum Gasteiger partial charge on any atom is 0.319 e. The third kappa shape index (κ3) is 5.31. The molecule has 3 rings (SSSR count). The van der Waals surface area contributed by atoms with E-state index in [0.717, 1.165) is 10.9 Å². The molecule has 3 amide bonds. The number of amides is 3. The summed E-state index contributed by atoms with van der Waals surface area (Å²) >= 11 is 0. The molecule has 1 atom stereocenters. The molecular weight excluding hydrogens is 338 g/mol. The SMILES string of the molecule is CC(NC(=O)CCNC(=O)Nc1ccccc1)c1ccc2ccccc2c1. The summed E-state index contributed by atoms with van der Waals surface area (Å²) in [5, 5.41) is 10.7. The lowest BCUT2D eigenvalue weighted by molar-refractivity contribution is -0.121. The van der Waals surface area contributed by atoms with Crippen LogP contribution in [0.15, 0.2) is 72.8 Å². The minimum atomic E-state index is -0.323. The van der Waals surface area contributed by atoms with Gasteiger partial charge in [-0.3, -0.25) is 4.79 Å². The minimum absolute atomic E-state index is 0.0970. The zero-order chi connectivity index (χ0) is 19.1. The van der Waals surface area contributed by atoms with E-state index < -0.39 is 0 Å². The average molecular weight is 361 g/mol. The van der Waals surface area contributed by atoms with Crippen molar-refractivity contribution < 1.29 is 9.59 Å². The second kappa shape index (κ2) is 8.85. The van der Waals surface area contributed by atoms with Crippen molar-refractivity contribution in [1.29, 1.82) is 0 Å². The molecule has 0 heterocycles. The van der Waals surface area contributed by atoms with Crippen LogP contribution in [0.5, 0.6) is 0 Å². The zero-order valence-corrected chi connectivity index (χ0v) is 15.2. The van der Waals surface area contributed by atoms with Gasteiger partial charge in [-0.15, -0.1) is 0 Å². The van der Waals surface area contributed by atoms with E-state index in [1.807, 2.05) is 43.3 Å². The van der Waals surface area contributed by atoms with E-state index >= 15 is 0 Å². The predicted molar refractivity (Wildman–Crippen MR) is 109 cm³/mol. The molecule has 0 radical (unpaired) electrons. The van der Waals surface area contributed by atoms with Crippen molar-refractivity contribution in [2.45, 2.75) is 19.4 Å². The zero-order valence-electron chi connectivity index (χ0n) is 15.2. The highest BCUT2D eigenvalue weighted by Gasteiger charge is 2.10. The van der Waals surface area contributed by atoms with Gasteiger partial charge in [0.15, 0.2) is 0 Å². The van der Waals surface area contributed by atoms with Gasteiger partial charge in [0.1, 0.15) is 0 Å². The molecule has 3 aromatic rings. The molecule has 3 N–H and O–H groups in total. The second-order valence-electron chi connectivity index (χ2n) is 6.39. The van der Waals surface area contributed by atoms with Gasteiger partial charge in [0.25, 0.3) is 0 Å². The van der Waals surface area contributed by atoms with Crippen LogP contribution < -0.4 is 16.0 Å². The van der Waals surface area contributed by atoms with E-state index in [2.05, 4.69) is 40.2 Å². The van der Waals surface area contributed by atoms with Gasteiger partial charge in [-0.1, -0.05) is 54.6 Å². The van der Waals surface area contributed by atoms with Crippen LogP contribution >= 0.6 is 0 Å². The Bertz CT molecular complexity index is 925. The summed E-state index contributed by atoms with van der Waals surface area (Å²) in [7, 11) is 0. The van der Waals surface area contributed by atoms with E-state index in [-0.39, 0.29) is 30.9 Å². The molecule has 0 spiro atoms. The molecule has 27 heavy (non-hydrogen) atoms. The van der Waals surface area contributed by atoms with E-state index in [9.17, 15) is 9.59 Å². The maximum atomic E-state index is 12.1. The summed E-state index contributed by atoms with van der Waals surface area (Å²) in [5.41, 5.74) is 1.77. The normalized spacial score (nSPS) is 11.6. The summed E-state index contributed by atoms with van der Waals surface area (Å²) in [6, 6.07) is 23.1. The highest BCUT2D eigenvalue weighted by molar-refractivity contribution is 5.89. The van der Waals surface area contributed by atoms with Gasteiger partial charge in [0.2, 0.25) is 5.91 Å². The van der Waals surface area contributed by atoms with E-state index in [4.69, 9.17) is 0 Å². The van der Waals surface area contributed by atoms with Gasteiger partial charge in [0, 0.05) is 18.7 Å². The fourth-order valence-corrected chi connectivity index (χ4v) is 2.86. The Kier molecular flexibility index (Phi) is 6.05. The molecule has 0 saturated carbocycles. The first-order chi connectivity index (χ1) is 13.1. The minimum Gasteiger partial charge on any atom is -0.350 e. The van der Waals surface area contributed by atoms with Crippen LogP contribution in [0.1, 0.15) is 24.9 Å². The number of carbonyl (C=O) groups excluding carboxylic acids is 2. The largest absolute Gasteiger partial charge is 0.350 e. The number of hydrogen-bond acceptors (Lipinski definition) is 2. The summed E-state index contributed by atoms with van der Waals surface area (Å²) in [6.07, 6.45) is 0.222. The van der Waals surface area contributed by atoms with Crippen LogP contribution in [0, 0.1) is 0 Å². The first-order valence-electron chi connectivity index (χ1n) is 9.00. The van der Waals surface area contributed by atoms with Crippen LogP contribution in [0.3, 0.4) is 0 Å². The molecule has 3 aromatic carbocycles. The van der Waals surface area contributed by atoms with Gasteiger partial charge >= 0.3 is 6.03 Å². The number of carbonyl (C=O) groups is 2. The first kappa shape index (κ1) is 18.5. The third-order valence-corrected chi connectivity index (χ3v) is 4.32. The number of rotatable bonds is 6. The molecule has 0 aliphatic carbocycles. The van der Waals surface area contributed by atoms with Crippen LogP contribution in [0.25, 0.3) is 10.8 Å². The van der Waals surface area contributed by atoms with Crippen LogP contribution in [0.2, 0.25) is 0 Å².